The molecule has 3 aromatic heterocycles. The SMILES string of the molecule is c1ccc(-c2c(-c3ccccc3)n3c4c(c5ccccc5cc24)B2c4c-3cccc4-n3c4c2cccc4c2ccc4c5ccccc5oc4c23)cc1. The minimum Gasteiger partial charge on any atom is -0.454 e. The summed E-state index contributed by atoms with van der Waals surface area (Å²) in [7, 11) is 0. The Labute approximate surface area is 298 Å². The maximum atomic E-state index is 6.78. The molecule has 0 spiro atoms. The van der Waals surface area contributed by atoms with Crippen molar-refractivity contribution >= 4 is 88.5 Å². The van der Waals surface area contributed by atoms with Crippen LogP contribution in [0.15, 0.2) is 168 Å². The molecule has 3 nitrogen and oxygen atoms in total. The average Bonchev–Trinajstić information content (AvgIpc) is 3.87. The fourth-order valence-corrected chi connectivity index (χ4v) is 9.96. The van der Waals surface area contributed by atoms with Crippen molar-refractivity contribution in [3.05, 3.63) is 164 Å². The van der Waals surface area contributed by atoms with Crippen LogP contribution in [0.3, 0.4) is 0 Å². The van der Waals surface area contributed by atoms with E-state index in [-0.39, 0.29) is 6.71 Å². The zero-order chi connectivity index (χ0) is 33.7. The third-order valence-electron chi connectivity index (χ3n) is 11.9. The Hall–Kier alpha value is -6.78. The van der Waals surface area contributed by atoms with Gasteiger partial charge in [-0.2, -0.15) is 0 Å². The van der Waals surface area contributed by atoms with Gasteiger partial charge in [0.1, 0.15) is 5.58 Å². The van der Waals surface area contributed by atoms with Crippen molar-refractivity contribution in [3.63, 3.8) is 0 Å². The lowest BCUT2D eigenvalue weighted by atomic mass is 9.33. The molecule has 13 rings (SSSR count). The fourth-order valence-electron chi connectivity index (χ4n) is 9.96. The molecular formula is C48H27BN2O. The van der Waals surface area contributed by atoms with Crippen LogP contribution in [0, 0.1) is 0 Å². The Morgan fingerprint density at radius 3 is 1.92 bits per heavy atom. The summed E-state index contributed by atoms with van der Waals surface area (Å²) in [6.07, 6.45) is 0. The smallest absolute Gasteiger partial charge is 0.253 e. The van der Waals surface area contributed by atoms with Crippen molar-refractivity contribution in [1.82, 2.24) is 9.13 Å². The molecule has 0 unspecified atom stereocenters. The van der Waals surface area contributed by atoms with E-state index in [0.717, 1.165) is 27.5 Å². The van der Waals surface area contributed by atoms with Gasteiger partial charge in [-0.15, -0.1) is 0 Å². The van der Waals surface area contributed by atoms with Crippen molar-refractivity contribution < 1.29 is 4.42 Å². The third-order valence-corrected chi connectivity index (χ3v) is 11.9. The van der Waals surface area contributed by atoms with E-state index in [9.17, 15) is 0 Å². The fraction of sp³-hybridized carbons (Fsp3) is 0. The molecule has 0 atom stereocenters. The van der Waals surface area contributed by atoms with Gasteiger partial charge in [0, 0.05) is 49.4 Å². The van der Waals surface area contributed by atoms with Crippen LogP contribution in [0.1, 0.15) is 0 Å². The van der Waals surface area contributed by atoms with E-state index in [1.54, 1.807) is 0 Å². The minimum absolute atomic E-state index is 0.0427. The second kappa shape index (κ2) is 9.51. The van der Waals surface area contributed by atoms with E-state index in [1.165, 1.54) is 88.1 Å². The molecule has 8 aromatic carbocycles. The maximum Gasteiger partial charge on any atom is 0.253 e. The number of nitrogens with zero attached hydrogens (tertiary/aromatic N) is 2. The molecule has 52 heavy (non-hydrogen) atoms. The highest BCUT2D eigenvalue weighted by Gasteiger charge is 2.42. The summed E-state index contributed by atoms with van der Waals surface area (Å²) in [6, 6.07) is 60.2. The summed E-state index contributed by atoms with van der Waals surface area (Å²) in [6.45, 7) is 0.0427. The van der Waals surface area contributed by atoms with Crippen molar-refractivity contribution in [2.75, 3.05) is 0 Å². The molecule has 0 radical (unpaired) electrons. The number of aromatic nitrogens is 2. The van der Waals surface area contributed by atoms with Gasteiger partial charge in [0.15, 0.2) is 5.58 Å². The molecule has 5 heterocycles. The van der Waals surface area contributed by atoms with Crippen molar-refractivity contribution in [3.8, 4) is 33.8 Å². The lowest BCUT2D eigenvalue weighted by Crippen LogP contribution is -2.59. The molecular weight excluding hydrogens is 631 g/mol. The van der Waals surface area contributed by atoms with E-state index in [1.807, 2.05) is 0 Å². The summed E-state index contributed by atoms with van der Waals surface area (Å²) < 4.78 is 11.9. The summed E-state index contributed by atoms with van der Waals surface area (Å²) in [5.74, 6) is 0. The van der Waals surface area contributed by atoms with Gasteiger partial charge in [-0.05, 0) is 68.6 Å². The Morgan fingerprint density at radius 1 is 0.423 bits per heavy atom. The number of para-hydroxylation sites is 2. The van der Waals surface area contributed by atoms with Gasteiger partial charge in [0.25, 0.3) is 6.71 Å². The maximum absolute atomic E-state index is 6.78. The highest BCUT2D eigenvalue weighted by molar-refractivity contribution is 7.01. The van der Waals surface area contributed by atoms with Crippen molar-refractivity contribution in [2.24, 2.45) is 0 Å². The van der Waals surface area contributed by atoms with Crippen LogP contribution in [0.2, 0.25) is 0 Å². The Morgan fingerprint density at radius 2 is 1.08 bits per heavy atom. The van der Waals surface area contributed by atoms with Gasteiger partial charge in [-0.3, -0.25) is 0 Å². The summed E-state index contributed by atoms with van der Waals surface area (Å²) in [5, 5.41) is 8.64. The molecule has 0 bridgehead atoms. The van der Waals surface area contributed by atoms with Gasteiger partial charge < -0.3 is 13.6 Å². The standard InChI is InChI=1S/C48H27BN2O/c1-3-13-28(14-4-1)41-36-27-30-17-7-8-18-31(30)42-46(36)50(44(41)29-15-5-2-6-16-29)38-22-12-23-39-43(38)49(42)37-21-11-20-33-34-25-26-35-32-19-9-10-24-40(32)52-48(35)47(34)51(39)45(33)37/h1-27H. The molecule has 4 heteroatoms. The molecule has 2 aliphatic heterocycles. The van der Waals surface area contributed by atoms with Crippen LogP contribution in [0.25, 0.3) is 99.2 Å². The van der Waals surface area contributed by atoms with E-state index < -0.39 is 0 Å². The first kappa shape index (κ1) is 27.0. The second-order valence-corrected chi connectivity index (χ2v) is 14.4. The molecule has 0 N–H and O–H groups in total. The average molecular weight is 659 g/mol. The van der Waals surface area contributed by atoms with Crippen LogP contribution in [-0.4, -0.2) is 15.8 Å². The summed E-state index contributed by atoms with van der Waals surface area (Å²) in [5.41, 5.74) is 17.0. The monoisotopic (exact) mass is 658 g/mol. The summed E-state index contributed by atoms with van der Waals surface area (Å²) >= 11 is 0. The number of benzene rings is 8. The van der Waals surface area contributed by atoms with Gasteiger partial charge in [-0.25, -0.2) is 0 Å². The molecule has 11 aromatic rings. The molecule has 238 valence electrons. The number of furan rings is 1. The first-order valence-electron chi connectivity index (χ1n) is 18.1. The van der Waals surface area contributed by atoms with Crippen molar-refractivity contribution in [1.29, 1.82) is 0 Å². The Kier molecular flexibility index (Phi) is 4.94. The molecule has 0 saturated heterocycles. The summed E-state index contributed by atoms with van der Waals surface area (Å²) in [4.78, 5) is 0. The van der Waals surface area contributed by atoms with Gasteiger partial charge >= 0.3 is 0 Å². The zero-order valence-electron chi connectivity index (χ0n) is 28.0. The highest BCUT2D eigenvalue weighted by Crippen LogP contribution is 2.47. The van der Waals surface area contributed by atoms with Gasteiger partial charge in [0.2, 0.25) is 0 Å². The largest absolute Gasteiger partial charge is 0.454 e. The lowest BCUT2D eigenvalue weighted by molar-refractivity contribution is 0.671. The molecule has 0 aliphatic carbocycles. The normalized spacial score (nSPS) is 13.0. The predicted octanol–water partition coefficient (Wildman–Crippen LogP) is 10.3. The number of hydrogen-bond acceptors (Lipinski definition) is 1. The number of fused-ring (bicyclic) bond motifs is 13. The first-order valence-corrected chi connectivity index (χ1v) is 18.1. The topological polar surface area (TPSA) is 23.0 Å². The second-order valence-electron chi connectivity index (χ2n) is 14.4. The quantitative estimate of drug-likeness (QED) is 0.170. The zero-order valence-corrected chi connectivity index (χ0v) is 28.0. The first-order chi connectivity index (χ1) is 25.8. The van der Waals surface area contributed by atoms with Crippen LogP contribution in [-0.2, 0) is 0 Å². The van der Waals surface area contributed by atoms with Gasteiger partial charge in [-0.1, -0.05) is 133 Å². The van der Waals surface area contributed by atoms with E-state index in [4.69, 9.17) is 4.42 Å². The van der Waals surface area contributed by atoms with E-state index in [2.05, 4.69) is 173 Å². The molecule has 0 amide bonds. The lowest BCUT2D eigenvalue weighted by Gasteiger charge is -2.34. The Bertz CT molecular complexity index is 3350. The number of hydrogen-bond donors (Lipinski definition) is 0. The Balaban J connectivity index is 1.28. The third kappa shape index (κ3) is 3.16. The van der Waals surface area contributed by atoms with Crippen LogP contribution in [0.4, 0.5) is 0 Å². The number of rotatable bonds is 2. The van der Waals surface area contributed by atoms with E-state index >= 15 is 0 Å². The predicted molar refractivity (Wildman–Crippen MR) is 218 cm³/mol. The molecule has 0 fully saturated rings. The molecule has 2 aliphatic rings. The minimum atomic E-state index is 0.0427. The highest BCUT2D eigenvalue weighted by atomic mass is 16.3. The van der Waals surface area contributed by atoms with Crippen molar-refractivity contribution in [2.45, 2.75) is 0 Å². The van der Waals surface area contributed by atoms with E-state index in [0.29, 0.717) is 0 Å². The van der Waals surface area contributed by atoms with Crippen LogP contribution >= 0.6 is 0 Å². The molecule has 0 saturated carbocycles. The van der Waals surface area contributed by atoms with Gasteiger partial charge in [0.05, 0.1) is 16.7 Å². The van der Waals surface area contributed by atoms with Crippen LogP contribution < -0.4 is 16.4 Å². The van der Waals surface area contributed by atoms with Crippen LogP contribution in [0.5, 0.6) is 0 Å².